The van der Waals surface area contributed by atoms with Crippen LogP contribution in [0.25, 0.3) is 0 Å². The Bertz CT molecular complexity index is 212. The molecule has 0 bridgehead atoms. The van der Waals surface area contributed by atoms with Crippen molar-refractivity contribution >= 4 is 33.1 Å². The zero-order valence-corrected chi connectivity index (χ0v) is 15.3. The van der Waals surface area contributed by atoms with Crippen LogP contribution >= 0.6 is 22.6 Å². The molecule has 0 aromatic heterocycles. The van der Waals surface area contributed by atoms with Gasteiger partial charge in [0.2, 0.25) is 0 Å². The van der Waals surface area contributed by atoms with E-state index in [1.807, 2.05) is 0 Å². The summed E-state index contributed by atoms with van der Waals surface area (Å²) >= 11 is 2.42. The summed E-state index contributed by atoms with van der Waals surface area (Å²) in [4.78, 5) is 0. The molecule has 90 valence electrons. The third-order valence-corrected chi connectivity index (χ3v) is 5.26. The highest BCUT2D eigenvalue weighted by Crippen LogP contribution is 2.32. The van der Waals surface area contributed by atoms with Crippen LogP contribution in [0.4, 0.5) is 0 Å². The van der Waals surface area contributed by atoms with Gasteiger partial charge in [0.25, 0.3) is 0 Å². The Balaban J connectivity index is 5.35. The van der Waals surface area contributed by atoms with E-state index in [0.29, 0.717) is 17.8 Å². The monoisotopic (exact) mass is 340 g/mol. The standard InChI is InChI=1S/C12H25IOSi/c1-7(2)10(8(3)4)11(9(5)6)12(13)14-15/h7-9,12H,1-6,15H3. The zero-order valence-electron chi connectivity index (χ0n) is 11.1. The number of hydrogen-bond acceptors (Lipinski definition) is 1. The quantitative estimate of drug-likeness (QED) is 0.323. The molecular formula is C12H25IOSi. The third kappa shape index (κ3) is 4.57. The lowest BCUT2D eigenvalue weighted by atomic mass is 9.84. The van der Waals surface area contributed by atoms with Crippen molar-refractivity contribution in [2.24, 2.45) is 17.8 Å². The van der Waals surface area contributed by atoms with Crippen molar-refractivity contribution in [3.05, 3.63) is 11.1 Å². The van der Waals surface area contributed by atoms with E-state index in [1.54, 1.807) is 5.57 Å². The molecule has 0 radical (unpaired) electrons. The molecule has 0 aromatic carbocycles. The number of hydrogen-bond donors (Lipinski definition) is 0. The van der Waals surface area contributed by atoms with Crippen LogP contribution < -0.4 is 0 Å². The third-order valence-electron chi connectivity index (χ3n) is 2.65. The Kier molecular flexibility index (Phi) is 7.37. The first kappa shape index (κ1) is 15.6. The van der Waals surface area contributed by atoms with Gasteiger partial charge in [0.1, 0.15) is 14.6 Å². The lowest BCUT2D eigenvalue weighted by Crippen LogP contribution is -2.18. The van der Waals surface area contributed by atoms with E-state index in [9.17, 15) is 0 Å². The molecule has 1 unspecified atom stereocenters. The number of allylic oxidation sites excluding steroid dienone is 1. The van der Waals surface area contributed by atoms with Gasteiger partial charge in [-0.1, -0.05) is 47.1 Å². The largest absolute Gasteiger partial charge is 0.413 e. The fourth-order valence-corrected chi connectivity index (χ4v) is 3.52. The second kappa shape index (κ2) is 7.07. The first-order valence-corrected chi connectivity index (χ1v) is 7.79. The van der Waals surface area contributed by atoms with Crippen LogP contribution in [0, 0.1) is 17.8 Å². The molecule has 0 saturated carbocycles. The van der Waals surface area contributed by atoms with Crippen LogP contribution in [-0.2, 0) is 4.43 Å². The summed E-state index contributed by atoms with van der Waals surface area (Å²) < 4.78 is 5.89. The van der Waals surface area contributed by atoms with Crippen molar-refractivity contribution in [2.75, 3.05) is 0 Å². The molecule has 15 heavy (non-hydrogen) atoms. The van der Waals surface area contributed by atoms with Gasteiger partial charge in [-0.2, -0.15) is 0 Å². The Morgan fingerprint density at radius 2 is 1.20 bits per heavy atom. The average Bonchev–Trinajstić information content (AvgIpc) is 2.10. The van der Waals surface area contributed by atoms with Crippen molar-refractivity contribution < 1.29 is 4.43 Å². The Morgan fingerprint density at radius 1 is 0.867 bits per heavy atom. The SMILES string of the molecule is CC(C)C(=C(C(C)C)C(I)O[SiH3])C(C)C. The number of halogens is 1. The second-order valence-corrected chi connectivity index (χ2v) is 6.53. The van der Waals surface area contributed by atoms with Gasteiger partial charge in [0.15, 0.2) is 0 Å². The summed E-state index contributed by atoms with van der Waals surface area (Å²) in [6.45, 7) is 13.7. The Morgan fingerprint density at radius 3 is 1.40 bits per heavy atom. The topological polar surface area (TPSA) is 9.23 Å². The minimum absolute atomic E-state index is 0.272. The summed E-state index contributed by atoms with van der Waals surface area (Å²) in [5.41, 5.74) is 3.09. The van der Waals surface area contributed by atoms with Crippen molar-refractivity contribution in [1.29, 1.82) is 0 Å². The average molecular weight is 340 g/mol. The van der Waals surface area contributed by atoms with Crippen LogP contribution in [0.5, 0.6) is 0 Å². The van der Waals surface area contributed by atoms with Crippen molar-refractivity contribution in [3.63, 3.8) is 0 Å². The van der Waals surface area contributed by atoms with Gasteiger partial charge in [-0.25, -0.2) is 0 Å². The molecule has 0 aliphatic rings. The molecule has 0 saturated heterocycles. The van der Waals surface area contributed by atoms with E-state index in [1.165, 1.54) is 5.57 Å². The smallest absolute Gasteiger partial charge is 0.147 e. The van der Waals surface area contributed by atoms with Crippen LogP contribution in [0.2, 0.25) is 0 Å². The fraction of sp³-hybridized carbons (Fsp3) is 0.833. The molecule has 0 fully saturated rings. The summed E-state index contributed by atoms with van der Waals surface area (Å²) in [5, 5.41) is 0. The van der Waals surface area contributed by atoms with Crippen LogP contribution in [0.1, 0.15) is 41.5 Å². The molecular weight excluding hydrogens is 315 g/mol. The summed E-state index contributed by atoms with van der Waals surface area (Å²) in [6.07, 6.45) is 0. The van der Waals surface area contributed by atoms with E-state index in [2.05, 4.69) is 64.1 Å². The predicted octanol–water partition coefficient (Wildman–Crippen LogP) is 3.31. The number of alkyl halides is 1. The number of rotatable bonds is 5. The lowest BCUT2D eigenvalue weighted by molar-refractivity contribution is 0.346. The molecule has 0 N–H and O–H groups in total. The van der Waals surface area contributed by atoms with Crippen molar-refractivity contribution in [1.82, 2.24) is 0 Å². The van der Waals surface area contributed by atoms with Gasteiger partial charge >= 0.3 is 0 Å². The highest BCUT2D eigenvalue weighted by atomic mass is 127. The fourth-order valence-electron chi connectivity index (χ4n) is 2.19. The van der Waals surface area contributed by atoms with Crippen LogP contribution in [0.3, 0.4) is 0 Å². The molecule has 0 heterocycles. The molecule has 0 spiro atoms. The molecule has 3 heteroatoms. The highest BCUT2D eigenvalue weighted by Gasteiger charge is 2.21. The minimum Gasteiger partial charge on any atom is -0.413 e. The van der Waals surface area contributed by atoms with E-state index < -0.39 is 0 Å². The normalized spacial score (nSPS) is 14.0. The van der Waals surface area contributed by atoms with E-state index >= 15 is 0 Å². The van der Waals surface area contributed by atoms with Crippen LogP contribution in [-0.4, -0.2) is 14.6 Å². The summed E-state index contributed by atoms with van der Waals surface area (Å²) in [7, 11) is 0.812. The molecule has 0 amide bonds. The van der Waals surface area contributed by atoms with Gasteiger partial charge in [-0.15, -0.1) is 0 Å². The Hall–Kier alpha value is 0.647. The van der Waals surface area contributed by atoms with Gasteiger partial charge < -0.3 is 4.43 Å². The van der Waals surface area contributed by atoms with E-state index in [0.717, 1.165) is 10.5 Å². The first-order chi connectivity index (χ1) is 6.82. The molecule has 0 rings (SSSR count). The van der Waals surface area contributed by atoms with Gasteiger partial charge in [-0.3, -0.25) is 0 Å². The van der Waals surface area contributed by atoms with Crippen molar-refractivity contribution in [3.8, 4) is 0 Å². The van der Waals surface area contributed by atoms with Gasteiger partial charge in [0, 0.05) is 0 Å². The summed E-state index contributed by atoms with van der Waals surface area (Å²) in [5.74, 6) is 1.83. The van der Waals surface area contributed by atoms with Gasteiger partial charge in [0.05, 0.1) is 0 Å². The van der Waals surface area contributed by atoms with Gasteiger partial charge in [-0.05, 0) is 45.9 Å². The van der Waals surface area contributed by atoms with E-state index in [4.69, 9.17) is 4.43 Å². The Labute approximate surface area is 112 Å². The zero-order chi connectivity index (χ0) is 12.2. The van der Waals surface area contributed by atoms with E-state index in [-0.39, 0.29) is 4.11 Å². The lowest BCUT2D eigenvalue weighted by Gasteiger charge is -2.27. The predicted molar refractivity (Wildman–Crippen MR) is 80.4 cm³/mol. The summed E-state index contributed by atoms with van der Waals surface area (Å²) in [6, 6.07) is 0. The molecule has 0 aromatic rings. The second-order valence-electron chi connectivity index (χ2n) is 4.93. The maximum atomic E-state index is 5.62. The molecule has 0 aliphatic heterocycles. The maximum absolute atomic E-state index is 5.62. The molecule has 1 nitrogen and oxygen atoms in total. The van der Waals surface area contributed by atoms with Crippen molar-refractivity contribution in [2.45, 2.75) is 45.7 Å². The minimum atomic E-state index is 0.272. The maximum Gasteiger partial charge on any atom is 0.147 e. The first-order valence-electron chi connectivity index (χ1n) is 5.73. The van der Waals surface area contributed by atoms with Crippen LogP contribution in [0.15, 0.2) is 11.1 Å². The highest BCUT2D eigenvalue weighted by molar-refractivity contribution is 14.1. The molecule has 0 aliphatic carbocycles. The molecule has 1 atom stereocenters.